The highest BCUT2D eigenvalue weighted by molar-refractivity contribution is 7.89. The second-order valence-corrected chi connectivity index (χ2v) is 8.24. The van der Waals surface area contributed by atoms with E-state index in [1.165, 1.54) is 11.6 Å². The van der Waals surface area contributed by atoms with Crippen molar-refractivity contribution in [2.24, 2.45) is 0 Å². The van der Waals surface area contributed by atoms with E-state index < -0.39 is 15.9 Å². The lowest BCUT2D eigenvalue weighted by Gasteiger charge is -2.30. The third-order valence-corrected chi connectivity index (χ3v) is 5.90. The summed E-state index contributed by atoms with van der Waals surface area (Å²) < 4.78 is 24.7. The smallest absolute Gasteiger partial charge is 0.257 e. The van der Waals surface area contributed by atoms with Crippen molar-refractivity contribution in [3.8, 4) is 0 Å². The van der Waals surface area contributed by atoms with Crippen molar-refractivity contribution < 1.29 is 13.2 Å². The number of rotatable bonds is 5. The van der Waals surface area contributed by atoms with Crippen molar-refractivity contribution in [3.05, 3.63) is 59.2 Å². The second kappa shape index (κ2) is 7.47. The van der Waals surface area contributed by atoms with Gasteiger partial charge in [0.05, 0.1) is 11.4 Å². The van der Waals surface area contributed by atoms with Crippen LogP contribution in [-0.2, 0) is 21.2 Å². The fourth-order valence-corrected chi connectivity index (χ4v) is 4.00. The molecule has 0 aromatic heterocycles. The number of carbonyl (C=O) groups is 1. The second-order valence-electron chi connectivity index (χ2n) is 6.55. The van der Waals surface area contributed by atoms with E-state index in [1.54, 1.807) is 12.1 Å². The Morgan fingerprint density at radius 2 is 1.88 bits per heavy atom. The number of para-hydroxylation sites is 1. The molecule has 0 unspecified atom stereocenters. The first-order valence-electron chi connectivity index (χ1n) is 8.57. The molecule has 26 heavy (non-hydrogen) atoms. The van der Waals surface area contributed by atoms with Gasteiger partial charge in [0.25, 0.3) is 15.9 Å². The maximum Gasteiger partial charge on any atom is 0.257 e. The lowest BCUT2D eigenvalue weighted by atomic mass is 10.0. The van der Waals surface area contributed by atoms with Crippen LogP contribution in [0.15, 0.2) is 47.4 Å². The Morgan fingerprint density at radius 1 is 1.12 bits per heavy atom. The van der Waals surface area contributed by atoms with Gasteiger partial charge in [0, 0.05) is 12.2 Å². The summed E-state index contributed by atoms with van der Waals surface area (Å²) in [6.07, 6.45) is 1.96. The van der Waals surface area contributed by atoms with Crippen molar-refractivity contribution in [1.82, 2.24) is 10.3 Å². The van der Waals surface area contributed by atoms with Crippen LogP contribution in [0.5, 0.6) is 0 Å². The minimum absolute atomic E-state index is 0.104. The number of carbonyl (C=O) groups excluding carboxylic acids is 1. The zero-order chi connectivity index (χ0) is 18.7. The molecule has 0 spiro atoms. The lowest BCUT2D eigenvalue weighted by molar-refractivity contribution is -0.120. The van der Waals surface area contributed by atoms with Crippen molar-refractivity contribution in [2.45, 2.75) is 31.6 Å². The molecule has 0 saturated carbocycles. The Morgan fingerprint density at radius 3 is 2.65 bits per heavy atom. The van der Waals surface area contributed by atoms with Crippen LogP contribution in [-0.4, -0.2) is 27.4 Å². The molecule has 2 aromatic carbocycles. The fraction of sp³-hybridized carbons (Fsp3) is 0.316. The molecule has 2 aromatic rings. The Bertz CT molecular complexity index is 925. The van der Waals surface area contributed by atoms with E-state index in [4.69, 9.17) is 0 Å². The molecule has 0 radical (unpaired) electrons. The van der Waals surface area contributed by atoms with E-state index in [0.29, 0.717) is 0 Å². The molecule has 138 valence electrons. The zero-order valence-corrected chi connectivity index (χ0v) is 15.8. The zero-order valence-electron chi connectivity index (χ0n) is 15.0. The van der Waals surface area contributed by atoms with Crippen LogP contribution < -0.4 is 15.2 Å². The third kappa shape index (κ3) is 4.05. The summed E-state index contributed by atoms with van der Waals surface area (Å²) >= 11 is 0. The number of sulfonamides is 1. The van der Waals surface area contributed by atoms with Gasteiger partial charge in [-0.3, -0.25) is 10.2 Å². The molecule has 6 nitrogen and oxygen atoms in total. The molecule has 0 saturated heterocycles. The van der Waals surface area contributed by atoms with Gasteiger partial charge in [-0.2, -0.15) is 0 Å². The molecule has 0 bridgehead atoms. The predicted molar refractivity (Wildman–Crippen MR) is 101 cm³/mol. The number of hydrogen-bond acceptors (Lipinski definition) is 4. The summed E-state index contributed by atoms with van der Waals surface area (Å²) in [7, 11) is -3.80. The van der Waals surface area contributed by atoms with Crippen molar-refractivity contribution in [3.63, 3.8) is 0 Å². The van der Waals surface area contributed by atoms with E-state index in [9.17, 15) is 13.2 Å². The van der Waals surface area contributed by atoms with Gasteiger partial charge in [-0.15, -0.1) is 4.83 Å². The highest BCUT2D eigenvalue weighted by Crippen LogP contribution is 2.26. The van der Waals surface area contributed by atoms with Crippen LogP contribution in [0.3, 0.4) is 0 Å². The quantitative estimate of drug-likeness (QED) is 0.787. The highest BCUT2D eigenvalue weighted by Gasteiger charge is 2.20. The molecule has 7 heteroatoms. The Balaban J connectivity index is 1.63. The van der Waals surface area contributed by atoms with E-state index in [-0.39, 0.29) is 11.4 Å². The molecule has 1 aliphatic heterocycles. The van der Waals surface area contributed by atoms with Gasteiger partial charge in [0.2, 0.25) is 0 Å². The van der Waals surface area contributed by atoms with Gasteiger partial charge < -0.3 is 4.90 Å². The maximum absolute atomic E-state index is 12.4. The van der Waals surface area contributed by atoms with Gasteiger partial charge in [-0.1, -0.05) is 24.3 Å². The summed E-state index contributed by atoms with van der Waals surface area (Å²) in [4.78, 5) is 16.5. The Kier molecular flexibility index (Phi) is 5.29. The molecule has 3 rings (SSSR count). The lowest BCUT2D eigenvalue weighted by Crippen LogP contribution is -2.47. The molecular weight excluding hydrogens is 350 g/mol. The summed E-state index contributed by atoms with van der Waals surface area (Å²) in [6, 6.07) is 12.8. The number of aryl methyl sites for hydroxylation is 3. The number of anilines is 1. The topological polar surface area (TPSA) is 78.5 Å². The molecule has 0 atom stereocenters. The molecule has 2 N–H and O–H groups in total. The van der Waals surface area contributed by atoms with Crippen molar-refractivity contribution in [2.75, 3.05) is 18.0 Å². The van der Waals surface area contributed by atoms with Gasteiger partial charge in [-0.25, -0.2) is 8.42 Å². The predicted octanol–water partition coefficient (Wildman–Crippen LogP) is 2.07. The van der Waals surface area contributed by atoms with E-state index in [2.05, 4.69) is 16.3 Å². The molecule has 0 aliphatic carbocycles. The largest absolute Gasteiger partial charge is 0.362 e. The van der Waals surface area contributed by atoms with Crippen LogP contribution in [0, 0.1) is 13.8 Å². The average molecular weight is 373 g/mol. The molecule has 1 aliphatic rings. The first kappa shape index (κ1) is 18.4. The fourth-order valence-electron chi connectivity index (χ4n) is 3.05. The number of fused-ring (bicyclic) bond motifs is 1. The van der Waals surface area contributed by atoms with Gasteiger partial charge >= 0.3 is 0 Å². The minimum Gasteiger partial charge on any atom is -0.362 e. The molecular formula is C19H23N3O3S. The summed E-state index contributed by atoms with van der Waals surface area (Å²) in [5.74, 6) is -0.394. The summed E-state index contributed by atoms with van der Waals surface area (Å²) in [6.45, 7) is 4.64. The Labute approximate surface area is 154 Å². The average Bonchev–Trinajstić information content (AvgIpc) is 2.63. The van der Waals surface area contributed by atoms with E-state index in [0.717, 1.165) is 36.2 Å². The minimum atomic E-state index is -3.80. The van der Waals surface area contributed by atoms with Crippen LogP contribution in [0.2, 0.25) is 0 Å². The van der Waals surface area contributed by atoms with Crippen molar-refractivity contribution >= 4 is 21.6 Å². The number of hydrogen-bond donors (Lipinski definition) is 2. The number of hydrazine groups is 1. The highest BCUT2D eigenvalue weighted by atomic mass is 32.2. The van der Waals surface area contributed by atoms with Gasteiger partial charge in [0.1, 0.15) is 0 Å². The van der Waals surface area contributed by atoms with E-state index in [1.807, 2.05) is 36.9 Å². The first-order chi connectivity index (χ1) is 12.4. The molecule has 1 heterocycles. The van der Waals surface area contributed by atoms with Crippen molar-refractivity contribution in [1.29, 1.82) is 0 Å². The van der Waals surface area contributed by atoms with Crippen LogP contribution in [0.4, 0.5) is 5.69 Å². The number of amides is 1. The maximum atomic E-state index is 12.4. The number of nitrogens with zero attached hydrogens (tertiary/aromatic N) is 1. The van der Waals surface area contributed by atoms with Gasteiger partial charge in [0.15, 0.2) is 0 Å². The molecule has 1 amide bonds. The van der Waals surface area contributed by atoms with Crippen LogP contribution in [0.25, 0.3) is 0 Å². The third-order valence-electron chi connectivity index (χ3n) is 4.65. The van der Waals surface area contributed by atoms with E-state index >= 15 is 0 Å². The Hall–Kier alpha value is -2.38. The monoisotopic (exact) mass is 373 g/mol. The normalized spacial score (nSPS) is 14.0. The standard InChI is InChI=1S/C19H23N3O3S/c1-14-9-10-17(12-15(14)2)26(24,25)21-20-19(23)13-22-11-5-7-16-6-3-4-8-18(16)22/h3-4,6,8-10,12,21H,5,7,11,13H2,1-2H3,(H,20,23). The first-order valence-corrected chi connectivity index (χ1v) is 10.1. The molecule has 0 fully saturated rings. The van der Waals surface area contributed by atoms with Crippen LogP contribution >= 0.6 is 0 Å². The SMILES string of the molecule is Cc1ccc(S(=O)(=O)NNC(=O)CN2CCCc3ccccc32)cc1C. The number of benzene rings is 2. The summed E-state index contributed by atoms with van der Waals surface area (Å²) in [5, 5.41) is 0. The number of nitrogens with one attached hydrogen (secondary N) is 2. The summed E-state index contributed by atoms with van der Waals surface area (Å²) in [5.41, 5.74) is 6.45. The van der Waals surface area contributed by atoms with Gasteiger partial charge in [-0.05, 0) is 61.6 Å². The van der Waals surface area contributed by atoms with Crippen LogP contribution in [0.1, 0.15) is 23.1 Å².